The maximum absolute atomic E-state index is 13.1. The third-order valence-corrected chi connectivity index (χ3v) is 7.92. The summed E-state index contributed by atoms with van der Waals surface area (Å²) < 4.78 is 32.8. The lowest BCUT2D eigenvalue weighted by atomic mass is 9.98. The second-order valence-corrected chi connectivity index (χ2v) is 10.7. The van der Waals surface area contributed by atoms with Crippen LogP contribution in [0.5, 0.6) is 0 Å². The van der Waals surface area contributed by atoms with Crippen molar-refractivity contribution >= 4 is 27.6 Å². The highest BCUT2D eigenvalue weighted by Crippen LogP contribution is 2.27. The van der Waals surface area contributed by atoms with E-state index >= 15 is 0 Å². The minimum absolute atomic E-state index is 0.0998. The zero-order chi connectivity index (χ0) is 24.2. The van der Waals surface area contributed by atoms with E-state index in [1.807, 2.05) is 39.0 Å². The van der Waals surface area contributed by atoms with Gasteiger partial charge in [-0.05, 0) is 61.4 Å². The summed E-state index contributed by atoms with van der Waals surface area (Å²) >= 11 is 0. The number of nitrogens with zero attached hydrogens (tertiary/aromatic N) is 1. The van der Waals surface area contributed by atoms with Crippen LogP contribution >= 0.6 is 0 Å². The van der Waals surface area contributed by atoms with Crippen LogP contribution in [0.2, 0.25) is 0 Å². The fraction of sp³-hybridized carbons (Fsp3) is 0.440. The van der Waals surface area contributed by atoms with Crippen molar-refractivity contribution in [2.24, 2.45) is 0 Å². The Bertz CT molecular complexity index is 1140. The first-order chi connectivity index (χ1) is 15.6. The van der Waals surface area contributed by atoms with Gasteiger partial charge >= 0.3 is 5.97 Å². The van der Waals surface area contributed by atoms with Crippen molar-refractivity contribution in [3.63, 3.8) is 0 Å². The van der Waals surface area contributed by atoms with Crippen LogP contribution in [0.25, 0.3) is 0 Å². The third-order valence-electron chi connectivity index (χ3n) is 5.88. The molecule has 0 radical (unpaired) electrons. The molecule has 178 valence electrons. The third kappa shape index (κ3) is 5.81. The summed E-state index contributed by atoms with van der Waals surface area (Å²) in [5, 5.41) is 2.84. The molecule has 2 aromatic carbocycles. The first-order valence-corrected chi connectivity index (χ1v) is 12.7. The Morgan fingerprint density at radius 3 is 2.39 bits per heavy atom. The van der Waals surface area contributed by atoms with Crippen LogP contribution in [0.15, 0.2) is 41.3 Å². The molecule has 1 aliphatic rings. The molecule has 0 bridgehead atoms. The number of hydrogen-bond acceptors (Lipinski definition) is 5. The van der Waals surface area contributed by atoms with Crippen LogP contribution in [-0.2, 0) is 19.6 Å². The van der Waals surface area contributed by atoms with Crippen molar-refractivity contribution < 1.29 is 22.7 Å². The van der Waals surface area contributed by atoms with Gasteiger partial charge in [0.05, 0.1) is 10.5 Å². The first kappa shape index (κ1) is 24.9. The lowest BCUT2D eigenvalue weighted by Crippen LogP contribution is -2.36. The molecule has 0 spiro atoms. The number of nitrogens with one attached hydrogen (secondary N) is 1. The minimum Gasteiger partial charge on any atom is -0.452 e. The van der Waals surface area contributed by atoms with Gasteiger partial charge in [-0.3, -0.25) is 4.79 Å². The highest BCUT2D eigenvalue weighted by atomic mass is 32.2. The highest BCUT2D eigenvalue weighted by molar-refractivity contribution is 7.89. The SMILES string of the molecule is Cc1ccc(C(=O)OCC(=O)Nc2c(C)cccc2C(C)C)cc1S(=O)(=O)N1CCCCC1. The molecular weight excluding hydrogens is 440 g/mol. The molecule has 0 saturated carbocycles. The van der Waals surface area contributed by atoms with Crippen molar-refractivity contribution in [3.8, 4) is 0 Å². The van der Waals surface area contributed by atoms with Crippen molar-refractivity contribution in [2.45, 2.75) is 57.8 Å². The predicted octanol–water partition coefficient (Wildman–Crippen LogP) is 4.40. The Labute approximate surface area is 196 Å². The van der Waals surface area contributed by atoms with Gasteiger partial charge in [-0.15, -0.1) is 0 Å². The zero-order valence-electron chi connectivity index (χ0n) is 19.7. The smallest absolute Gasteiger partial charge is 0.338 e. The summed E-state index contributed by atoms with van der Waals surface area (Å²) in [6, 6.07) is 10.3. The second kappa shape index (κ2) is 10.5. The van der Waals surface area contributed by atoms with Gasteiger partial charge in [-0.25, -0.2) is 13.2 Å². The Hall–Kier alpha value is -2.71. The molecule has 7 nitrogen and oxygen atoms in total. The van der Waals surface area contributed by atoms with Crippen molar-refractivity contribution in [1.29, 1.82) is 0 Å². The van der Waals surface area contributed by atoms with E-state index in [9.17, 15) is 18.0 Å². The molecule has 1 heterocycles. The van der Waals surface area contributed by atoms with Crippen LogP contribution in [0.3, 0.4) is 0 Å². The number of ether oxygens (including phenoxy) is 1. The Kier molecular flexibility index (Phi) is 7.92. The lowest BCUT2D eigenvalue weighted by Gasteiger charge is -2.26. The number of carbonyl (C=O) groups is 2. The number of carbonyl (C=O) groups excluding carboxylic acids is 2. The molecule has 8 heteroatoms. The van der Waals surface area contributed by atoms with E-state index in [1.54, 1.807) is 13.0 Å². The summed E-state index contributed by atoms with van der Waals surface area (Å²) in [6.45, 7) is 8.18. The lowest BCUT2D eigenvalue weighted by molar-refractivity contribution is -0.119. The van der Waals surface area contributed by atoms with Gasteiger partial charge < -0.3 is 10.1 Å². The number of piperidine rings is 1. The number of sulfonamides is 1. The standard InChI is InChI=1S/C25H32N2O5S/c1-17(2)21-10-8-9-19(4)24(21)26-23(28)16-32-25(29)20-12-11-18(3)22(15-20)33(30,31)27-13-6-5-7-14-27/h8-12,15,17H,5-7,13-14,16H2,1-4H3,(H,26,28). The first-order valence-electron chi connectivity index (χ1n) is 11.3. The molecule has 1 fully saturated rings. The van der Waals surface area contributed by atoms with E-state index in [4.69, 9.17) is 4.74 Å². The molecule has 1 saturated heterocycles. The predicted molar refractivity (Wildman–Crippen MR) is 128 cm³/mol. The molecule has 3 rings (SSSR count). The maximum atomic E-state index is 13.1. The normalized spacial score (nSPS) is 14.8. The van der Waals surface area contributed by atoms with Crippen molar-refractivity contribution in [1.82, 2.24) is 4.31 Å². The summed E-state index contributed by atoms with van der Waals surface area (Å²) in [5.74, 6) is -0.975. The van der Waals surface area contributed by atoms with E-state index in [0.29, 0.717) is 18.7 Å². The average Bonchev–Trinajstić information content (AvgIpc) is 2.79. The van der Waals surface area contributed by atoms with Crippen LogP contribution in [0, 0.1) is 13.8 Å². The monoisotopic (exact) mass is 472 g/mol. The van der Waals surface area contributed by atoms with Crippen LogP contribution in [0.1, 0.15) is 66.1 Å². The van der Waals surface area contributed by atoms with Gasteiger partial charge in [0.25, 0.3) is 5.91 Å². The zero-order valence-corrected chi connectivity index (χ0v) is 20.5. The van der Waals surface area contributed by atoms with Gasteiger partial charge in [0.1, 0.15) is 0 Å². The molecule has 2 aromatic rings. The van der Waals surface area contributed by atoms with Gasteiger partial charge in [0.15, 0.2) is 6.61 Å². The molecule has 33 heavy (non-hydrogen) atoms. The van der Waals surface area contributed by atoms with Crippen LogP contribution < -0.4 is 5.32 Å². The van der Waals surface area contributed by atoms with E-state index in [0.717, 1.165) is 36.1 Å². The number of para-hydroxylation sites is 1. The Balaban J connectivity index is 1.70. The van der Waals surface area contributed by atoms with E-state index in [-0.39, 0.29) is 16.4 Å². The number of amides is 1. The summed E-state index contributed by atoms with van der Waals surface area (Å²) in [6.07, 6.45) is 2.67. The van der Waals surface area contributed by atoms with E-state index in [2.05, 4.69) is 5.32 Å². The van der Waals surface area contributed by atoms with Crippen molar-refractivity contribution in [3.05, 3.63) is 58.7 Å². The number of hydrogen-bond donors (Lipinski definition) is 1. The van der Waals surface area contributed by atoms with Crippen molar-refractivity contribution in [2.75, 3.05) is 25.0 Å². The molecule has 1 N–H and O–H groups in total. The van der Waals surface area contributed by atoms with Gasteiger partial charge in [-0.1, -0.05) is 44.5 Å². The minimum atomic E-state index is -3.69. The summed E-state index contributed by atoms with van der Waals surface area (Å²) in [4.78, 5) is 25.2. The molecule has 0 aromatic heterocycles. The maximum Gasteiger partial charge on any atom is 0.338 e. The molecule has 0 unspecified atom stereocenters. The number of aryl methyl sites for hydroxylation is 2. The number of esters is 1. The topological polar surface area (TPSA) is 92.8 Å². The number of benzene rings is 2. The van der Waals surface area contributed by atoms with Crippen LogP contribution in [0.4, 0.5) is 5.69 Å². The highest BCUT2D eigenvalue weighted by Gasteiger charge is 2.28. The fourth-order valence-electron chi connectivity index (χ4n) is 3.98. The number of anilines is 1. The average molecular weight is 473 g/mol. The molecule has 1 amide bonds. The fourth-order valence-corrected chi connectivity index (χ4v) is 5.75. The Morgan fingerprint density at radius 2 is 1.73 bits per heavy atom. The van der Waals surface area contributed by atoms with E-state index in [1.165, 1.54) is 16.4 Å². The molecular formula is C25H32N2O5S. The quantitative estimate of drug-likeness (QED) is 0.603. The molecule has 1 aliphatic heterocycles. The van der Waals surface area contributed by atoms with E-state index < -0.39 is 28.5 Å². The van der Waals surface area contributed by atoms with Gasteiger partial charge in [0, 0.05) is 18.8 Å². The number of rotatable bonds is 7. The Morgan fingerprint density at radius 1 is 1.03 bits per heavy atom. The van der Waals surface area contributed by atoms with Crippen LogP contribution in [-0.4, -0.2) is 44.3 Å². The van der Waals surface area contributed by atoms with Gasteiger partial charge in [0.2, 0.25) is 10.0 Å². The second-order valence-electron chi connectivity index (χ2n) is 8.76. The molecule has 0 atom stereocenters. The van der Waals surface area contributed by atoms with Gasteiger partial charge in [-0.2, -0.15) is 4.31 Å². The molecule has 0 aliphatic carbocycles. The summed E-state index contributed by atoms with van der Waals surface area (Å²) in [5.41, 5.74) is 3.31. The summed E-state index contributed by atoms with van der Waals surface area (Å²) in [7, 11) is -3.69. The largest absolute Gasteiger partial charge is 0.452 e.